The van der Waals surface area contributed by atoms with Gasteiger partial charge < -0.3 is 24.3 Å². The lowest BCUT2D eigenvalue weighted by molar-refractivity contribution is -0.384. The van der Waals surface area contributed by atoms with Crippen LogP contribution in [0, 0.1) is 24.0 Å². The summed E-state index contributed by atoms with van der Waals surface area (Å²) in [5, 5.41) is 15.6. The molecule has 38 heavy (non-hydrogen) atoms. The minimum absolute atomic E-state index is 0.0110. The van der Waals surface area contributed by atoms with Crippen molar-refractivity contribution in [3.05, 3.63) is 81.4 Å². The van der Waals surface area contributed by atoms with E-state index in [1.165, 1.54) is 19.2 Å². The summed E-state index contributed by atoms with van der Waals surface area (Å²) in [5.41, 5.74) is 4.79. The fraction of sp³-hybridized carbons (Fsp3) is 0.407. The number of nitrogens with one attached hydrogen (secondary N) is 1. The smallest absolute Gasteiger partial charge is 0.273 e. The van der Waals surface area contributed by atoms with Crippen LogP contribution in [0.5, 0.6) is 5.75 Å². The molecule has 2 aromatic heterocycles. The lowest BCUT2D eigenvalue weighted by Crippen LogP contribution is -2.42. The Morgan fingerprint density at radius 3 is 2.66 bits per heavy atom. The zero-order chi connectivity index (χ0) is 26.8. The van der Waals surface area contributed by atoms with Gasteiger partial charge in [-0.1, -0.05) is 6.07 Å². The maximum atomic E-state index is 11.3. The molecule has 11 heteroatoms. The molecule has 2 aliphatic heterocycles. The van der Waals surface area contributed by atoms with E-state index in [1.807, 2.05) is 25.1 Å². The summed E-state index contributed by atoms with van der Waals surface area (Å²) in [6, 6.07) is 12.6. The van der Waals surface area contributed by atoms with Gasteiger partial charge in [0.05, 0.1) is 54.8 Å². The third-order valence-electron chi connectivity index (χ3n) is 7.36. The first-order chi connectivity index (χ1) is 18.4. The Morgan fingerprint density at radius 2 is 1.97 bits per heavy atom. The average Bonchev–Trinajstić information content (AvgIpc) is 3.42. The molecule has 0 spiro atoms. The lowest BCUT2D eigenvalue weighted by atomic mass is 9.96. The Morgan fingerprint density at radius 1 is 1.18 bits per heavy atom. The first kappa shape index (κ1) is 26.1. The molecule has 3 aromatic rings. The second kappa shape index (κ2) is 11.1. The molecular weight excluding hydrogens is 504 g/mol. The number of morpholine rings is 1. The fourth-order valence-corrected chi connectivity index (χ4v) is 5.81. The van der Waals surface area contributed by atoms with E-state index in [9.17, 15) is 10.1 Å². The molecule has 1 aromatic carbocycles. The molecule has 1 N–H and O–H groups in total. The van der Waals surface area contributed by atoms with Crippen molar-refractivity contribution in [2.75, 3.05) is 46.5 Å². The van der Waals surface area contributed by atoms with Crippen LogP contribution in [0.1, 0.15) is 34.7 Å². The van der Waals surface area contributed by atoms with Crippen LogP contribution in [0.25, 0.3) is 5.69 Å². The maximum Gasteiger partial charge on any atom is 0.273 e. The zero-order valence-corrected chi connectivity index (χ0v) is 22.6. The predicted molar refractivity (Wildman–Crippen MR) is 148 cm³/mol. The quantitative estimate of drug-likeness (QED) is 0.262. The van der Waals surface area contributed by atoms with E-state index in [4.69, 9.17) is 21.7 Å². The van der Waals surface area contributed by atoms with Gasteiger partial charge in [-0.2, -0.15) is 0 Å². The number of rotatable bonds is 8. The number of thiocarbonyl (C=S) groups is 1. The van der Waals surface area contributed by atoms with Crippen LogP contribution in [0.15, 0.2) is 48.7 Å². The Kier molecular flexibility index (Phi) is 7.59. The van der Waals surface area contributed by atoms with E-state index in [1.54, 1.807) is 12.3 Å². The molecule has 200 valence electrons. The van der Waals surface area contributed by atoms with Crippen LogP contribution in [-0.4, -0.2) is 75.9 Å². The number of methoxy groups -OCH3 is 1. The molecule has 0 unspecified atom stereocenters. The molecule has 0 amide bonds. The summed E-state index contributed by atoms with van der Waals surface area (Å²) in [6.07, 6.45) is 1.80. The number of hydrogen-bond donors (Lipinski definition) is 1. The number of non-ortho nitro benzene ring substituents is 1. The first-order valence-corrected chi connectivity index (χ1v) is 13.1. The van der Waals surface area contributed by atoms with Crippen LogP contribution in [0.3, 0.4) is 0 Å². The minimum atomic E-state index is -0.415. The summed E-state index contributed by atoms with van der Waals surface area (Å²) in [4.78, 5) is 20.3. The number of nitrogens with zero attached hydrogens (tertiary/aromatic N) is 5. The van der Waals surface area contributed by atoms with E-state index in [0.29, 0.717) is 10.9 Å². The van der Waals surface area contributed by atoms with E-state index in [-0.39, 0.29) is 17.8 Å². The molecule has 0 bridgehead atoms. The van der Waals surface area contributed by atoms with Crippen LogP contribution in [-0.2, 0) is 4.74 Å². The molecule has 0 saturated carbocycles. The number of benzene rings is 1. The van der Waals surface area contributed by atoms with Crippen molar-refractivity contribution >= 4 is 23.0 Å². The largest absolute Gasteiger partial charge is 0.494 e. The second-order valence-electron chi connectivity index (χ2n) is 9.55. The van der Waals surface area contributed by atoms with Crippen LogP contribution < -0.4 is 10.1 Å². The Balaban J connectivity index is 1.55. The molecule has 2 aliphatic rings. The monoisotopic (exact) mass is 536 g/mol. The van der Waals surface area contributed by atoms with Gasteiger partial charge in [0.1, 0.15) is 5.75 Å². The Hall–Kier alpha value is -3.54. The van der Waals surface area contributed by atoms with Crippen molar-refractivity contribution in [2.24, 2.45) is 0 Å². The van der Waals surface area contributed by atoms with Gasteiger partial charge >= 0.3 is 0 Å². The maximum absolute atomic E-state index is 11.3. The van der Waals surface area contributed by atoms with Crippen molar-refractivity contribution in [3.63, 3.8) is 0 Å². The number of hydrogen-bond acceptors (Lipinski definition) is 7. The van der Waals surface area contributed by atoms with Gasteiger partial charge in [-0.3, -0.25) is 20.0 Å². The van der Waals surface area contributed by atoms with Crippen molar-refractivity contribution in [1.82, 2.24) is 24.7 Å². The van der Waals surface area contributed by atoms with Gasteiger partial charge in [-0.25, -0.2) is 0 Å². The standard InChI is InChI=1S/C27H32N6O4S/c1-18-16-21(19(2)32(18)23-8-7-20(33(34)35)17-24(23)36-3)26-25(22-6-4-5-9-28-22)29-27(38)31(26)11-10-30-12-14-37-15-13-30/h4-9,16-17,25-26H,10-15H2,1-3H3,(H,29,38)/t25-,26-/m0/s1. The third kappa shape index (κ3) is 4.96. The highest BCUT2D eigenvalue weighted by Crippen LogP contribution is 2.42. The lowest BCUT2D eigenvalue weighted by Gasteiger charge is -2.32. The number of nitro groups is 1. The zero-order valence-electron chi connectivity index (χ0n) is 21.8. The highest BCUT2D eigenvalue weighted by atomic mass is 32.1. The van der Waals surface area contributed by atoms with E-state index in [2.05, 4.69) is 37.7 Å². The van der Waals surface area contributed by atoms with Crippen molar-refractivity contribution in [3.8, 4) is 11.4 Å². The molecule has 2 saturated heterocycles. The predicted octanol–water partition coefficient (Wildman–Crippen LogP) is 3.71. The molecule has 5 rings (SSSR count). The highest BCUT2D eigenvalue weighted by molar-refractivity contribution is 7.80. The molecule has 10 nitrogen and oxygen atoms in total. The first-order valence-electron chi connectivity index (χ1n) is 12.7. The number of pyridine rings is 1. The molecular formula is C27H32N6O4S. The van der Waals surface area contributed by atoms with E-state index >= 15 is 0 Å². The third-order valence-corrected chi connectivity index (χ3v) is 7.71. The normalized spacial score (nSPS) is 20.0. The molecule has 4 heterocycles. The van der Waals surface area contributed by atoms with Gasteiger partial charge in [0.2, 0.25) is 0 Å². The van der Waals surface area contributed by atoms with Crippen LogP contribution in [0.4, 0.5) is 5.69 Å². The Bertz CT molecular complexity index is 1320. The van der Waals surface area contributed by atoms with Crippen molar-refractivity contribution in [2.45, 2.75) is 25.9 Å². The van der Waals surface area contributed by atoms with Crippen molar-refractivity contribution in [1.29, 1.82) is 0 Å². The summed E-state index contributed by atoms with van der Waals surface area (Å²) in [6.45, 7) is 9.08. The highest BCUT2D eigenvalue weighted by Gasteiger charge is 2.41. The van der Waals surface area contributed by atoms with Gasteiger partial charge in [0.25, 0.3) is 5.69 Å². The summed E-state index contributed by atoms with van der Waals surface area (Å²) in [5.74, 6) is 0.443. The van der Waals surface area contributed by atoms with Crippen LogP contribution >= 0.6 is 12.2 Å². The van der Waals surface area contributed by atoms with Gasteiger partial charge in [0, 0.05) is 49.8 Å². The number of aromatic nitrogens is 2. The number of nitro benzene ring substituents is 1. The molecule has 2 fully saturated rings. The van der Waals surface area contributed by atoms with Gasteiger partial charge in [0.15, 0.2) is 5.11 Å². The Labute approximate surface area is 227 Å². The molecule has 0 aliphatic carbocycles. The van der Waals surface area contributed by atoms with E-state index < -0.39 is 4.92 Å². The van der Waals surface area contributed by atoms with Gasteiger partial charge in [-0.05, 0) is 55.9 Å². The van der Waals surface area contributed by atoms with Crippen LogP contribution in [0.2, 0.25) is 0 Å². The second-order valence-corrected chi connectivity index (χ2v) is 9.94. The molecule has 2 atom stereocenters. The summed E-state index contributed by atoms with van der Waals surface area (Å²) >= 11 is 5.87. The average molecular weight is 537 g/mol. The number of ether oxygens (including phenoxy) is 2. The topological polar surface area (TPSA) is 97.9 Å². The summed E-state index contributed by atoms with van der Waals surface area (Å²) in [7, 11) is 1.53. The van der Waals surface area contributed by atoms with Crippen molar-refractivity contribution < 1.29 is 14.4 Å². The van der Waals surface area contributed by atoms with E-state index in [0.717, 1.165) is 67.7 Å². The minimum Gasteiger partial charge on any atom is -0.494 e. The fourth-order valence-electron chi connectivity index (χ4n) is 5.48. The summed E-state index contributed by atoms with van der Waals surface area (Å²) < 4.78 is 13.2. The molecule has 0 radical (unpaired) electrons. The SMILES string of the molecule is COc1cc([N+](=O)[O-])ccc1-n1c(C)cc([C@H]2[C@H](c3ccccn3)NC(=S)N2CCN2CCOCC2)c1C. The number of aryl methyl sites for hydroxylation is 1. The van der Waals surface area contributed by atoms with Gasteiger partial charge in [-0.15, -0.1) is 0 Å².